The van der Waals surface area contributed by atoms with Crippen molar-refractivity contribution in [2.24, 2.45) is 5.92 Å². The predicted octanol–water partition coefficient (Wildman–Crippen LogP) is 1.42. The molecule has 3 saturated heterocycles. The summed E-state index contributed by atoms with van der Waals surface area (Å²) in [5.41, 5.74) is 1.46. The van der Waals surface area contributed by atoms with Gasteiger partial charge in [0.05, 0.1) is 18.6 Å². The monoisotopic (exact) mass is 497 g/mol. The Kier molecular flexibility index (Phi) is 7.97. The van der Waals surface area contributed by atoms with Crippen LogP contribution in [0.4, 0.5) is 5.69 Å². The Morgan fingerprint density at radius 3 is 2.42 bits per heavy atom. The number of nitrogens with zero attached hydrogens (tertiary/aromatic N) is 3. The van der Waals surface area contributed by atoms with Gasteiger partial charge in [-0.25, -0.2) is 0 Å². The third-order valence-electron chi connectivity index (χ3n) is 7.55. The number of likely N-dealkylation sites (tertiary alicyclic amines) is 2. The summed E-state index contributed by atoms with van der Waals surface area (Å²) in [4.78, 5) is 58.2. The Bertz CT molecular complexity index is 986. The number of Topliss-reactive ketones (excluding diaryl/α,β-unsaturated/α-hetero) is 1. The molecule has 0 aliphatic carbocycles. The Morgan fingerprint density at radius 1 is 1.08 bits per heavy atom. The molecule has 196 valence electrons. The van der Waals surface area contributed by atoms with Crippen molar-refractivity contribution < 1.29 is 19.2 Å². The fraction of sp³-hybridized carbons (Fsp3) is 0.630. The van der Waals surface area contributed by atoms with Crippen LogP contribution in [0.25, 0.3) is 0 Å². The van der Waals surface area contributed by atoms with Crippen LogP contribution in [0, 0.1) is 5.92 Å². The molecule has 3 fully saturated rings. The molecule has 3 heterocycles. The molecule has 4 atom stereocenters. The Labute approximate surface area is 213 Å². The number of piperidine rings is 1. The highest BCUT2D eigenvalue weighted by Crippen LogP contribution is 2.32. The molecule has 3 aliphatic rings. The van der Waals surface area contributed by atoms with Gasteiger partial charge >= 0.3 is 0 Å². The standard InChI is InChI=1S/C27H39N5O4/c1-17(2)15-21(29-25(34)18-8-10-19(11-9-18)30(3)4)27(36)31-14-12-22-24(31)23(33)16-32(22)26(35)20-7-5-6-13-28-20/h8-11,17,20-22,24,28H,5-7,12-16H2,1-4H3,(H,29,34)/t20-,21-,22?,24-/m0/s1. The quantitative estimate of drug-likeness (QED) is 0.591. The second kappa shape index (κ2) is 11.0. The van der Waals surface area contributed by atoms with Gasteiger partial charge in [-0.1, -0.05) is 20.3 Å². The first-order valence-electron chi connectivity index (χ1n) is 13.1. The van der Waals surface area contributed by atoms with E-state index in [1.165, 1.54) is 0 Å². The molecule has 0 aromatic heterocycles. The third-order valence-corrected chi connectivity index (χ3v) is 7.55. The van der Waals surface area contributed by atoms with Gasteiger partial charge in [0, 0.05) is 31.9 Å². The summed E-state index contributed by atoms with van der Waals surface area (Å²) >= 11 is 0. The Balaban J connectivity index is 1.46. The van der Waals surface area contributed by atoms with Gasteiger partial charge in [-0.05, 0) is 62.4 Å². The first-order chi connectivity index (χ1) is 17.2. The minimum absolute atomic E-state index is 0.0296. The second-order valence-corrected chi connectivity index (χ2v) is 10.9. The molecule has 3 amide bonds. The van der Waals surface area contributed by atoms with Crippen LogP contribution < -0.4 is 15.5 Å². The van der Waals surface area contributed by atoms with E-state index >= 15 is 0 Å². The fourth-order valence-electron chi connectivity index (χ4n) is 5.67. The van der Waals surface area contributed by atoms with E-state index in [0.717, 1.165) is 31.5 Å². The molecule has 1 aromatic carbocycles. The first kappa shape index (κ1) is 26.1. The van der Waals surface area contributed by atoms with Crippen LogP contribution in [0.5, 0.6) is 0 Å². The van der Waals surface area contributed by atoms with E-state index in [1.54, 1.807) is 21.9 Å². The summed E-state index contributed by atoms with van der Waals surface area (Å²) in [5, 5.41) is 6.20. The third kappa shape index (κ3) is 5.40. The van der Waals surface area contributed by atoms with Gasteiger partial charge < -0.3 is 25.3 Å². The number of carbonyl (C=O) groups is 4. The van der Waals surface area contributed by atoms with Crippen molar-refractivity contribution in [1.82, 2.24) is 20.4 Å². The lowest BCUT2D eigenvalue weighted by molar-refractivity contribution is -0.138. The molecule has 0 radical (unpaired) electrons. The van der Waals surface area contributed by atoms with E-state index in [4.69, 9.17) is 0 Å². The normalized spacial score (nSPS) is 24.6. The van der Waals surface area contributed by atoms with Crippen molar-refractivity contribution >= 4 is 29.2 Å². The molecule has 1 unspecified atom stereocenters. The zero-order valence-electron chi connectivity index (χ0n) is 21.8. The van der Waals surface area contributed by atoms with Crippen molar-refractivity contribution in [3.63, 3.8) is 0 Å². The van der Waals surface area contributed by atoms with E-state index in [1.807, 2.05) is 45.0 Å². The number of carbonyl (C=O) groups excluding carboxylic acids is 4. The number of fused-ring (bicyclic) bond motifs is 1. The molecule has 9 heteroatoms. The van der Waals surface area contributed by atoms with Crippen LogP contribution in [-0.2, 0) is 14.4 Å². The smallest absolute Gasteiger partial charge is 0.251 e. The van der Waals surface area contributed by atoms with Crippen molar-refractivity contribution in [3.05, 3.63) is 29.8 Å². The summed E-state index contributed by atoms with van der Waals surface area (Å²) < 4.78 is 0. The largest absolute Gasteiger partial charge is 0.378 e. The lowest BCUT2D eigenvalue weighted by atomic mass is 10.0. The molecule has 0 spiro atoms. The second-order valence-electron chi connectivity index (χ2n) is 10.9. The number of nitrogens with one attached hydrogen (secondary N) is 2. The van der Waals surface area contributed by atoms with Crippen LogP contribution in [-0.4, -0.2) is 91.2 Å². The van der Waals surface area contributed by atoms with Gasteiger partial charge in [-0.15, -0.1) is 0 Å². The highest BCUT2D eigenvalue weighted by Gasteiger charge is 2.52. The zero-order valence-corrected chi connectivity index (χ0v) is 21.8. The van der Waals surface area contributed by atoms with Crippen molar-refractivity contribution in [2.45, 2.75) is 70.1 Å². The molecule has 1 aromatic rings. The number of ketones is 1. The first-order valence-corrected chi connectivity index (χ1v) is 13.1. The summed E-state index contributed by atoms with van der Waals surface area (Å²) in [5.74, 6) is -0.508. The van der Waals surface area contributed by atoms with Crippen LogP contribution >= 0.6 is 0 Å². The number of amides is 3. The van der Waals surface area contributed by atoms with Gasteiger partial charge in [-0.2, -0.15) is 0 Å². The topological polar surface area (TPSA) is 102 Å². The average molecular weight is 498 g/mol. The molecular formula is C27H39N5O4. The molecular weight excluding hydrogens is 458 g/mol. The van der Waals surface area contributed by atoms with Gasteiger partial charge in [0.25, 0.3) is 5.91 Å². The maximum absolute atomic E-state index is 13.7. The van der Waals surface area contributed by atoms with Crippen LogP contribution in [0.15, 0.2) is 24.3 Å². The summed E-state index contributed by atoms with van der Waals surface area (Å²) in [7, 11) is 3.86. The predicted molar refractivity (Wildman–Crippen MR) is 138 cm³/mol. The van der Waals surface area contributed by atoms with E-state index in [-0.39, 0.29) is 48.1 Å². The molecule has 0 saturated carbocycles. The number of hydrogen-bond donors (Lipinski definition) is 2. The summed E-state index contributed by atoms with van der Waals surface area (Å²) in [6.07, 6.45) is 3.88. The SMILES string of the molecule is CC(C)C[C@H](NC(=O)c1ccc(N(C)C)cc1)C(=O)N1CCC2[C@H]1C(=O)CN2C(=O)[C@@H]1CCCCN1. The van der Waals surface area contributed by atoms with E-state index in [9.17, 15) is 19.2 Å². The van der Waals surface area contributed by atoms with Gasteiger partial charge in [0.15, 0.2) is 5.78 Å². The molecule has 9 nitrogen and oxygen atoms in total. The lowest BCUT2D eigenvalue weighted by Crippen LogP contribution is -2.53. The maximum Gasteiger partial charge on any atom is 0.251 e. The molecule has 36 heavy (non-hydrogen) atoms. The Hall–Kier alpha value is -2.94. The molecule has 4 rings (SSSR count). The maximum atomic E-state index is 13.7. The Morgan fingerprint density at radius 2 is 1.81 bits per heavy atom. The minimum Gasteiger partial charge on any atom is -0.378 e. The highest BCUT2D eigenvalue weighted by molar-refractivity contribution is 6.01. The fourth-order valence-corrected chi connectivity index (χ4v) is 5.67. The van der Waals surface area contributed by atoms with Gasteiger partial charge in [-0.3, -0.25) is 19.2 Å². The average Bonchev–Trinajstić information content (AvgIpc) is 3.44. The number of benzene rings is 1. The molecule has 2 N–H and O–H groups in total. The number of anilines is 1. The van der Waals surface area contributed by atoms with E-state index in [2.05, 4.69) is 10.6 Å². The van der Waals surface area contributed by atoms with Crippen molar-refractivity contribution in [1.29, 1.82) is 0 Å². The van der Waals surface area contributed by atoms with Gasteiger partial charge in [0.1, 0.15) is 12.1 Å². The number of rotatable bonds is 7. The number of hydrogen-bond acceptors (Lipinski definition) is 6. The summed E-state index contributed by atoms with van der Waals surface area (Å²) in [6, 6.07) is 5.33. The van der Waals surface area contributed by atoms with E-state index < -0.39 is 12.1 Å². The minimum atomic E-state index is -0.734. The summed E-state index contributed by atoms with van der Waals surface area (Å²) in [6.45, 7) is 5.28. The van der Waals surface area contributed by atoms with Crippen LogP contribution in [0.3, 0.4) is 0 Å². The highest BCUT2D eigenvalue weighted by atomic mass is 16.2. The van der Waals surface area contributed by atoms with E-state index in [0.29, 0.717) is 24.9 Å². The van der Waals surface area contributed by atoms with Gasteiger partial charge in [0.2, 0.25) is 11.8 Å². The van der Waals surface area contributed by atoms with Crippen LogP contribution in [0.1, 0.15) is 56.3 Å². The lowest BCUT2D eigenvalue weighted by Gasteiger charge is -2.31. The van der Waals surface area contributed by atoms with Crippen molar-refractivity contribution in [3.8, 4) is 0 Å². The molecule has 3 aliphatic heterocycles. The zero-order chi connectivity index (χ0) is 26.0. The van der Waals surface area contributed by atoms with Crippen LogP contribution in [0.2, 0.25) is 0 Å². The van der Waals surface area contributed by atoms with Crippen molar-refractivity contribution in [2.75, 3.05) is 38.6 Å². The molecule has 0 bridgehead atoms.